The van der Waals surface area contributed by atoms with E-state index in [2.05, 4.69) is 4.90 Å². The van der Waals surface area contributed by atoms with E-state index in [1.54, 1.807) is 12.0 Å². The van der Waals surface area contributed by atoms with Crippen LogP contribution in [0.5, 0.6) is 0 Å². The number of hydrogen-bond donors (Lipinski definition) is 1. The molecule has 1 amide bonds. The van der Waals surface area contributed by atoms with Gasteiger partial charge in [0.1, 0.15) is 5.25 Å². The predicted octanol–water partition coefficient (Wildman–Crippen LogP) is -1.16. The van der Waals surface area contributed by atoms with Crippen molar-refractivity contribution in [2.75, 3.05) is 46.4 Å². The molecule has 2 N–H and O–H groups in total. The Kier molecular flexibility index (Phi) is 5.00. The van der Waals surface area contributed by atoms with Gasteiger partial charge in [-0.05, 0) is 18.9 Å². The zero-order chi connectivity index (χ0) is 14.8. The second kappa shape index (κ2) is 6.38. The van der Waals surface area contributed by atoms with Gasteiger partial charge >= 0.3 is 0 Å². The summed E-state index contributed by atoms with van der Waals surface area (Å²) in [5.74, 6) is 0.314. The van der Waals surface area contributed by atoms with Gasteiger partial charge in [0.15, 0.2) is 0 Å². The minimum Gasteiger partial charge on any atom is -0.383 e. The van der Waals surface area contributed by atoms with E-state index in [0.717, 1.165) is 26.1 Å². The first-order valence-electron chi connectivity index (χ1n) is 6.91. The van der Waals surface area contributed by atoms with E-state index in [-0.39, 0.29) is 18.9 Å². The molecule has 0 aromatic carbocycles. The SMILES string of the molecule is COCCN1CCC(CN2CC(S(N)(=O)=O)CC2=O)C1. The summed E-state index contributed by atoms with van der Waals surface area (Å²) in [6, 6.07) is 0. The molecule has 8 heteroatoms. The third-order valence-corrected chi connectivity index (χ3v) is 5.35. The van der Waals surface area contributed by atoms with Gasteiger partial charge in [0, 0.05) is 39.7 Å². The van der Waals surface area contributed by atoms with Crippen molar-refractivity contribution in [1.29, 1.82) is 0 Å². The zero-order valence-corrected chi connectivity index (χ0v) is 12.6. The first kappa shape index (κ1) is 15.7. The molecule has 2 saturated heterocycles. The Bertz CT molecular complexity index is 454. The van der Waals surface area contributed by atoms with Gasteiger partial charge in [0.25, 0.3) is 0 Å². The van der Waals surface area contributed by atoms with Crippen LogP contribution < -0.4 is 5.14 Å². The van der Waals surface area contributed by atoms with Crippen LogP contribution in [0.2, 0.25) is 0 Å². The van der Waals surface area contributed by atoms with Crippen LogP contribution >= 0.6 is 0 Å². The molecule has 2 heterocycles. The van der Waals surface area contributed by atoms with Crippen LogP contribution in [0, 0.1) is 5.92 Å². The normalized spacial score (nSPS) is 28.5. The number of carbonyl (C=O) groups excluding carboxylic acids is 1. The number of amides is 1. The smallest absolute Gasteiger partial charge is 0.224 e. The third kappa shape index (κ3) is 3.91. The quantitative estimate of drug-likeness (QED) is 0.668. The molecule has 0 aromatic rings. The summed E-state index contributed by atoms with van der Waals surface area (Å²) in [5, 5.41) is 4.39. The molecular formula is C12H23N3O4S. The van der Waals surface area contributed by atoms with Gasteiger partial charge in [-0.25, -0.2) is 13.6 Å². The maximum Gasteiger partial charge on any atom is 0.224 e. The molecular weight excluding hydrogens is 282 g/mol. The second-order valence-electron chi connectivity index (χ2n) is 5.66. The minimum absolute atomic E-state index is 0.0267. The topological polar surface area (TPSA) is 92.9 Å². The van der Waals surface area contributed by atoms with E-state index in [0.29, 0.717) is 19.1 Å². The van der Waals surface area contributed by atoms with Gasteiger partial charge in [-0.1, -0.05) is 0 Å². The average Bonchev–Trinajstić information content (AvgIpc) is 2.95. The predicted molar refractivity (Wildman–Crippen MR) is 74.5 cm³/mol. The maximum atomic E-state index is 11.8. The average molecular weight is 305 g/mol. The van der Waals surface area contributed by atoms with Crippen LogP contribution in [0.15, 0.2) is 0 Å². The van der Waals surface area contributed by atoms with Crippen LogP contribution in [0.3, 0.4) is 0 Å². The lowest BCUT2D eigenvalue weighted by molar-refractivity contribution is -0.128. The van der Waals surface area contributed by atoms with Gasteiger partial charge in [-0.15, -0.1) is 0 Å². The molecule has 2 fully saturated rings. The summed E-state index contributed by atoms with van der Waals surface area (Å²) >= 11 is 0. The first-order chi connectivity index (χ1) is 9.40. The van der Waals surface area contributed by atoms with Crippen molar-refractivity contribution in [1.82, 2.24) is 9.80 Å². The summed E-state index contributed by atoms with van der Waals surface area (Å²) in [7, 11) is -1.93. The standard InChI is InChI=1S/C12H23N3O4S/c1-19-5-4-14-3-2-10(7-14)8-15-9-11(6-12(15)16)20(13,17)18/h10-11H,2-9H2,1H3,(H2,13,17,18). The van der Waals surface area contributed by atoms with Crippen LogP contribution in [0.1, 0.15) is 12.8 Å². The molecule has 0 bridgehead atoms. The van der Waals surface area contributed by atoms with Crippen molar-refractivity contribution < 1.29 is 17.9 Å². The van der Waals surface area contributed by atoms with Crippen LogP contribution in [-0.4, -0.2) is 75.8 Å². The largest absolute Gasteiger partial charge is 0.383 e. The van der Waals surface area contributed by atoms with E-state index in [9.17, 15) is 13.2 Å². The number of nitrogens with zero attached hydrogens (tertiary/aromatic N) is 2. The molecule has 116 valence electrons. The van der Waals surface area contributed by atoms with E-state index < -0.39 is 15.3 Å². The first-order valence-corrected chi connectivity index (χ1v) is 8.51. The number of rotatable bonds is 6. The summed E-state index contributed by atoms with van der Waals surface area (Å²) in [5.41, 5.74) is 0. The van der Waals surface area contributed by atoms with Gasteiger partial charge in [0.05, 0.1) is 6.61 Å². The molecule has 20 heavy (non-hydrogen) atoms. The van der Waals surface area contributed by atoms with Crippen molar-refractivity contribution in [3.8, 4) is 0 Å². The second-order valence-corrected chi connectivity index (χ2v) is 7.51. The number of methoxy groups -OCH3 is 1. The molecule has 0 aliphatic carbocycles. The number of likely N-dealkylation sites (tertiary alicyclic amines) is 2. The van der Waals surface area contributed by atoms with Gasteiger partial charge in [0.2, 0.25) is 15.9 Å². The summed E-state index contributed by atoms with van der Waals surface area (Å²) < 4.78 is 27.7. The van der Waals surface area contributed by atoms with Crippen molar-refractivity contribution in [3.05, 3.63) is 0 Å². The number of ether oxygens (including phenoxy) is 1. The highest BCUT2D eigenvalue weighted by atomic mass is 32.2. The Labute approximate surface area is 120 Å². The lowest BCUT2D eigenvalue weighted by atomic mass is 10.1. The van der Waals surface area contributed by atoms with Crippen molar-refractivity contribution >= 4 is 15.9 Å². The van der Waals surface area contributed by atoms with Crippen molar-refractivity contribution in [2.45, 2.75) is 18.1 Å². The van der Waals surface area contributed by atoms with Crippen molar-refractivity contribution in [3.63, 3.8) is 0 Å². The molecule has 0 aromatic heterocycles. The Morgan fingerprint density at radius 2 is 2.15 bits per heavy atom. The molecule has 2 aliphatic rings. The summed E-state index contributed by atoms with van der Waals surface area (Å²) in [6.07, 6.45) is 1.06. The molecule has 2 atom stereocenters. The number of carbonyl (C=O) groups is 1. The molecule has 2 aliphatic heterocycles. The monoisotopic (exact) mass is 305 g/mol. The summed E-state index contributed by atoms with van der Waals surface area (Å²) in [6.45, 7) is 4.44. The Balaban J connectivity index is 1.81. The van der Waals surface area contributed by atoms with Crippen molar-refractivity contribution in [2.24, 2.45) is 11.1 Å². The zero-order valence-electron chi connectivity index (χ0n) is 11.8. The molecule has 7 nitrogen and oxygen atoms in total. The van der Waals surface area contributed by atoms with Crippen LogP contribution in [0.25, 0.3) is 0 Å². The highest BCUT2D eigenvalue weighted by Gasteiger charge is 2.37. The molecule has 2 rings (SSSR count). The molecule has 2 unspecified atom stereocenters. The van der Waals surface area contributed by atoms with E-state index in [1.165, 1.54) is 0 Å². The van der Waals surface area contributed by atoms with E-state index in [4.69, 9.17) is 9.88 Å². The molecule has 0 radical (unpaired) electrons. The highest BCUT2D eigenvalue weighted by Crippen LogP contribution is 2.22. The number of hydrogen-bond acceptors (Lipinski definition) is 5. The van der Waals surface area contributed by atoms with Crippen LogP contribution in [0.4, 0.5) is 0 Å². The Morgan fingerprint density at radius 3 is 2.75 bits per heavy atom. The minimum atomic E-state index is -3.61. The number of sulfonamides is 1. The lowest BCUT2D eigenvalue weighted by Crippen LogP contribution is -2.35. The number of nitrogens with two attached hydrogens (primary N) is 1. The van der Waals surface area contributed by atoms with Gasteiger partial charge in [-0.2, -0.15) is 0 Å². The van der Waals surface area contributed by atoms with E-state index >= 15 is 0 Å². The Morgan fingerprint density at radius 1 is 1.40 bits per heavy atom. The molecule has 0 saturated carbocycles. The fourth-order valence-electron chi connectivity index (χ4n) is 2.93. The molecule has 0 spiro atoms. The maximum absolute atomic E-state index is 11.8. The Hall–Kier alpha value is -0.700. The third-order valence-electron chi connectivity index (χ3n) is 4.10. The fourth-order valence-corrected chi connectivity index (χ4v) is 3.69. The fraction of sp³-hybridized carbons (Fsp3) is 0.917. The number of primary sulfonamides is 1. The van der Waals surface area contributed by atoms with E-state index in [1.807, 2.05) is 0 Å². The van der Waals surface area contributed by atoms with Crippen LogP contribution in [-0.2, 0) is 19.6 Å². The van der Waals surface area contributed by atoms with Gasteiger partial charge in [-0.3, -0.25) is 4.79 Å². The summed E-state index contributed by atoms with van der Waals surface area (Å²) in [4.78, 5) is 15.8. The van der Waals surface area contributed by atoms with Gasteiger partial charge < -0.3 is 14.5 Å². The lowest BCUT2D eigenvalue weighted by Gasteiger charge is -2.21. The highest BCUT2D eigenvalue weighted by molar-refractivity contribution is 7.89.